The Labute approximate surface area is 150 Å². The molecule has 0 aliphatic rings. The number of nitrogens with zero attached hydrogens (tertiary/aromatic N) is 1. The summed E-state index contributed by atoms with van der Waals surface area (Å²) in [6.45, 7) is 1.14. The third kappa shape index (κ3) is 4.82. The number of fused-ring (bicyclic) bond motifs is 1. The first-order chi connectivity index (χ1) is 12.1. The number of hydrogen-bond acceptors (Lipinski definition) is 5. The van der Waals surface area contributed by atoms with E-state index >= 15 is 0 Å². The minimum Gasteiger partial charge on any atom is -0.388 e. The quantitative estimate of drug-likeness (QED) is 0.338. The van der Waals surface area contributed by atoms with Gasteiger partial charge in [0, 0.05) is 19.1 Å². The van der Waals surface area contributed by atoms with Crippen molar-refractivity contribution in [1.82, 2.24) is 20.3 Å². The number of nitrogens with two attached hydrogens (primary N) is 1. The average molecular weight is 364 g/mol. The van der Waals surface area contributed by atoms with Crippen molar-refractivity contribution in [2.75, 3.05) is 18.7 Å². The van der Waals surface area contributed by atoms with E-state index in [1.165, 1.54) is 6.38 Å². The number of aliphatic hydroxyl groups excluding tert-OH is 1. The molecule has 25 heavy (non-hydrogen) atoms. The van der Waals surface area contributed by atoms with Crippen LogP contribution in [0.3, 0.4) is 0 Å². The van der Waals surface area contributed by atoms with Crippen LogP contribution in [-0.4, -0.2) is 33.0 Å². The van der Waals surface area contributed by atoms with Gasteiger partial charge in [0.1, 0.15) is 5.65 Å². The Balaban J connectivity index is 0.00000109. The molecule has 0 spiro atoms. The maximum Gasteiger partial charge on any atom is 0.262 e. The predicted octanol–water partition coefficient (Wildman–Crippen LogP) is 1.90. The zero-order valence-electron chi connectivity index (χ0n) is 13.9. The third-order valence-electron chi connectivity index (χ3n) is 3.74. The van der Waals surface area contributed by atoms with Gasteiger partial charge in [-0.2, -0.15) is 4.98 Å². The fraction of sp³-hybridized carbons (Fsp3) is 0.294. The standard InChI is InChI=1S/C16H19N5O2.CH3Cl/c17-16-20-14-13(15(23)21-16)11(9-19-14)8-18-7-6-12(22)10-4-2-1-3-5-10;1-2/h1-5,9,12,18,22H,6-8H2,(H4,17,19,20,21,23);1H3. The van der Waals surface area contributed by atoms with Crippen molar-refractivity contribution in [2.24, 2.45) is 0 Å². The lowest BCUT2D eigenvalue weighted by Gasteiger charge is -2.11. The Morgan fingerprint density at radius 2 is 2.04 bits per heavy atom. The Bertz CT molecular complexity index is 847. The normalized spacial score (nSPS) is 11.8. The number of rotatable bonds is 6. The number of nitrogen functional groups attached to an aromatic ring is 1. The summed E-state index contributed by atoms with van der Waals surface area (Å²) in [7, 11) is 0. The summed E-state index contributed by atoms with van der Waals surface area (Å²) in [5, 5.41) is 13.8. The third-order valence-corrected chi connectivity index (χ3v) is 3.74. The van der Waals surface area contributed by atoms with E-state index in [2.05, 4.69) is 31.9 Å². The molecule has 8 heteroatoms. The van der Waals surface area contributed by atoms with Crippen LogP contribution in [0.5, 0.6) is 0 Å². The van der Waals surface area contributed by atoms with Crippen molar-refractivity contribution < 1.29 is 5.11 Å². The van der Waals surface area contributed by atoms with Gasteiger partial charge in [-0.05, 0) is 24.1 Å². The number of halogens is 1. The first-order valence-electron chi connectivity index (χ1n) is 7.82. The van der Waals surface area contributed by atoms with E-state index in [9.17, 15) is 9.90 Å². The molecule has 0 radical (unpaired) electrons. The summed E-state index contributed by atoms with van der Waals surface area (Å²) < 4.78 is 0. The molecule has 1 aromatic carbocycles. The molecule has 3 rings (SSSR count). The largest absolute Gasteiger partial charge is 0.388 e. The van der Waals surface area contributed by atoms with Crippen LogP contribution in [0.2, 0.25) is 0 Å². The molecule has 0 aliphatic carbocycles. The Hall–Kier alpha value is -2.35. The minimum absolute atomic E-state index is 0.0924. The predicted molar refractivity (Wildman–Crippen MR) is 101 cm³/mol. The lowest BCUT2D eigenvalue weighted by Crippen LogP contribution is -2.18. The molecule has 134 valence electrons. The topological polar surface area (TPSA) is 120 Å². The van der Waals surface area contributed by atoms with Crippen molar-refractivity contribution in [3.63, 3.8) is 0 Å². The van der Waals surface area contributed by atoms with Crippen molar-refractivity contribution in [3.8, 4) is 0 Å². The van der Waals surface area contributed by atoms with E-state index in [0.717, 1.165) is 11.1 Å². The number of alkyl halides is 1. The Morgan fingerprint density at radius 3 is 2.76 bits per heavy atom. The van der Waals surface area contributed by atoms with Gasteiger partial charge in [-0.25, -0.2) is 0 Å². The highest BCUT2D eigenvalue weighted by Gasteiger charge is 2.10. The second-order valence-corrected chi connectivity index (χ2v) is 5.38. The highest BCUT2D eigenvalue weighted by molar-refractivity contribution is 6.15. The summed E-state index contributed by atoms with van der Waals surface area (Å²) in [6.07, 6.45) is 3.30. The second-order valence-electron chi connectivity index (χ2n) is 5.38. The zero-order valence-corrected chi connectivity index (χ0v) is 14.7. The van der Waals surface area contributed by atoms with Crippen LogP contribution in [0.4, 0.5) is 5.95 Å². The lowest BCUT2D eigenvalue weighted by atomic mass is 10.1. The number of aromatic amines is 2. The van der Waals surface area contributed by atoms with Gasteiger partial charge in [-0.15, -0.1) is 11.6 Å². The van der Waals surface area contributed by atoms with E-state index < -0.39 is 6.10 Å². The molecule has 0 fully saturated rings. The van der Waals surface area contributed by atoms with E-state index in [4.69, 9.17) is 5.73 Å². The summed E-state index contributed by atoms with van der Waals surface area (Å²) in [6, 6.07) is 9.54. The first kappa shape index (κ1) is 19.0. The van der Waals surface area contributed by atoms with Crippen LogP contribution in [0, 0.1) is 0 Å². The molecule has 2 heterocycles. The van der Waals surface area contributed by atoms with Crippen LogP contribution < -0.4 is 16.6 Å². The van der Waals surface area contributed by atoms with Gasteiger partial charge < -0.3 is 21.1 Å². The molecule has 0 bridgehead atoms. The van der Waals surface area contributed by atoms with Gasteiger partial charge in [0.25, 0.3) is 5.56 Å². The van der Waals surface area contributed by atoms with Crippen LogP contribution in [0.15, 0.2) is 41.3 Å². The Morgan fingerprint density at radius 1 is 1.32 bits per heavy atom. The van der Waals surface area contributed by atoms with Gasteiger partial charge in [0.05, 0.1) is 11.5 Å². The molecule has 7 nitrogen and oxygen atoms in total. The fourth-order valence-electron chi connectivity index (χ4n) is 2.56. The zero-order chi connectivity index (χ0) is 18.2. The van der Waals surface area contributed by atoms with Crippen molar-refractivity contribution in [1.29, 1.82) is 0 Å². The van der Waals surface area contributed by atoms with E-state index in [0.29, 0.717) is 30.5 Å². The smallest absolute Gasteiger partial charge is 0.262 e. The summed E-state index contributed by atoms with van der Waals surface area (Å²) in [5.74, 6) is 0.0924. The van der Waals surface area contributed by atoms with Crippen molar-refractivity contribution in [2.45, 2.75) is 19.1 Å². The van der Waals surface area contributed by atoms with E-state index in [1.807, 2.05) is 30.3 Å². The number of H-pyrrole nitrogens is 2. The molecule has 0 saturated heterocycles. The van der Waals surface area contributed by atoms with Gasteiger partial charge >= 0.3 is 0 Å². The van der Waals surface area contributed by atoms with Gasteiger partial charge in [0.15, 0.2) is 0 Å². The molecule has 0 amide bonds. The number of hydrogen-bond donors (Lipinski definition) is 5. The van der Waals surface area contributed by atoms with Crippen molar-refractivity contribution >= 4 is 28.6 Å². The fourth-order valence-corrected chi connectivity index (χ4v) is 2.56. The van der Waals surface area contributed by atoms with Crippen LogP contribution in [0.1, 0.15) is 23.7 Å². The highest BCUT2D eigenvalue weighted by Crippen LogP contribution is 2.16. The van der Waals surface area contributed by atoms with Crippen LogP contribution in [0.25, 0.3) is 11.0 Å². The molecule has 0 saturated carbocycles. The van der Waals surface area contributed by atoms with E-state index in [1.54, 1.807) is 6.20 Å². The van der Waals surface area contributed by atoms with Crippen LogP contribution in [-0.2, 0) is 6.54 Å². The molecule has 1 unspecified atom stereocenters. The van der Waals surface area contributed by atoms with Gasteiger partial charge in [-0.3, -0.25) is 9.78 Å². The Kier molecular flexibility index (Phi) is 7.00. The highest BCUT2D eigenvalue weighted by atomic mass is 35.5. The summed E-state index contributed by atoms with van der Waals surface area (Å²) in [4.78, 5) is 21.4. The van der Waals surface area contributed by atoms with Crippen LogP contribution >= 0.6 is 11.6 Å². The average Bonchev–Trinajstić information content (AvgIpc) is 3.04. The molecular weight excluding hydrogens is 342 g/mol. The number of aromatic nitrogens is 3. The number of anilines is 1. The summed E-state index contributed by atoms with van der Waals surface area (Å²) >= 11 is 4.64. The SMILES string of the molecule is CCl.Nc1nc2[nH]cc(CNCCC(O)c3ccccc3)c2c(=O)[nH]1. The monoisotopic (exact) mass is 363 g/mol. The lowest BCUT2D eigenvalue weighted by molar-refractivity contribution is 0.167. The summed E-state index contributed by atoms with van der Waals surface area (Å²) in [5.41, 5.74) is 7.46. The van der Waals surface area contributed by atoms with Gasteiger partial charge in [-0.1, -0.05) is 30.3 Å². The second kappa shape index (κ2) is 9.22. The number of aliphatic hydroxyl groups is 1. The van der Waals surface area contributed by atoms with Crippen molar-refractivity contribution in [3.05, 3.63) is 58.0 Å². The number of benzene rings is 1. The minimum atomic E-state index is -0.503. The molecular formula is C17H22ClN5O2. The van der Waals surface area contributed by atoms with Gasteiger partial charge in [0.2, 0.25) is 5.95 Å². The first-order valence-corrected chi connectivity index (χ1v) is 8.58. The maximum absolute atomic E-state index is 11.9. The number of nitrogens with one attached hydrogen (secondary N) is 3. The molecule has 3 aromatic rings. The molecule has 1 atom stereocenters. The molecule has 6 N–H and O–H groups in total. The van der Waals surface area contributed by atoms with E-state index in [-0.39, 0.29) is 11.5 Å². The maximum atomic E-state index is 11.9. The molecule has 2 aromatic heterocycles. The molecule has 0 aliphatic heterocycles.